The lowest BCUT2D eigenvalue weighted by atomic mass is 10.1. The lowest BCUT2D eigenvalue weighted by Gasteiger charge is -2.01. The maximum absolute atomic E-state index is 11.5. The average molecular weight is 276 g/mol. The first kappa shape index (κ1) is 14.1. The van der Waals surface area contributed by atoms with Gasteiger partial charge >= 0.3 is 5.97 Å². The highest BCUT2D eigenvalue weighted by Crippen LogP contribution is 2.28. The molecule has 1 aromatic carbocycles. The van der Waals surface area contributed by atoms with Crippen LogP contribution in [0.1, 0.15) is 31.2 Å². The highest BCUT2D eigenvalue weighted by Gasteiger charge is 2.08. The van der Waals surface area contributed by atoms with E-state index in [4.69, 9.17) is 4.74 Å². The van der Waals surface area contributed by atoms with Crippen molar-refractivity contribution in [3.8, 4) is 0 Å². The van der Waals surface area contributed by atoms with Crippen molar-refractivity contribution in [2.75, 3.05) is 6.61 Å². The Morgan fingerprint density at radius 3 is 2.79 bits per heavy atom. The molecule has 0 spiro atoms. The normalized spacial score (nSPS) is 11.2. The smallest absolute Gasteiger partial charge is 0.310 e. The van der Waals surface area contributed by atoms with Crippen LogP contribution in [-0.4, -0.2) is 12.6 Å². The Morgan fingerprint density at radius 1 is 1.32 bits per heavy atom. The highest BCUT2D eigenvalue weighted by molar-refractivity contribution is 7.19. The van der Waals surface area contributed by atoms with Gasteiger partial charge in [0.25, 0.3) is 0 Å². The molecule has 0 saturated heterocycles. The lowest BCUT2D eigenvalue weighted by Crippen LogP contribution is -2.07. The first-order valence-corrected chi connectivity index (χ1v) is 7.57. The molecule has 2 aromatic rings. The van der Waals surface area contributed by atoms with Gasteiger partial charge in [-0.2, -0.15) is 0 Å². The van der Waals surface area contributed by atoms with Gasteiger partial charge < -0.3 is 4.74 Å². The van der Waals surface area contributed by atoms with E-state index in [-0.39, 0.29) is 5.97 Å². The van der Waals surface area contributed by atoms with Crippen molar-refractivity contribution in [2.45, 2.75) is 33.6 Å². The fourth-order valence-electron chi connectivity index (χ4n) is 2.12. The summed E-state index contributed by atoms with van der Waals surface area (Å²) in [5.41, 5.74) is 1.03. The minimum Gasteiger partial charge on any atom is -0.466 e. The molecule has 0 unspecified atom stereocenters. The number of thiophene rings is 1. The number of benzene rings is 1. The summed E-state index contributed by atoms with van der Waals surface area (Å²) in [7, 11) is 0. The van der Waals surface area contributed by atoms with Gasteiger partial charge in [-0.05, 0) is 42.3 Å². The van der Waals surface area contributed by atoms with Crippen molar-refractivity contribution < 1.29 is 9.53 Å². The van der Waals surface area contributed by atoms with E-state index in [0.717, 1.165) is 12.0 Å². The van der Waals surface area contributed by atoms with E-state index in [9.17, 15) is 4.79 Å². The molecule has 19 heavy (non-hydrogen) atoms. The monoisotopic (exact) mass is 276 g/mol. The van der Waals surface area contributed by atoms with E-state index < -0.39 is 0 Å². The van der Waals surface area contributed by atoms with Crippen LogP contribution in [0.5, 0.6) is 0 Å². The molecule has 0 saturated carbocycles. The number of ether oxygens (including phenoxy) is 1. The van der Waals surface area contributed by atoms with Gasteiger partial charge in [0.15, 0.2) is 0 Å². The summed E-state index contributed by atoms with van der Waals surface area (Å²) in [5, 5.41) is 1.27. The summed E-state index contributed by atoms with van der Waals surface area (Å²) in [5.74, 6) is 0.521. The minimum absolute atomic E-state index is 0.152. The van der Waals surface area contributed by atoms with Crippen LogP contribution in [0.2, 0.25) is 0 Å². The molecule has 0 aliphatic heterocycles. The Bertz CT molecular complexity index is 569. The Balaban J connectivity index is 2.18. The lowest BCUT2D eigenvalue weighted by molar-refractivity contribution is -0.142. The Kier molecular flexibility index (Phi) is 4.59. The number of hydrogen-bond donors (Lipinski definition) is 0. The quantitative estimate of drug-likeness (QED) is 0.765. The Labute approximate surface area is 118 Å². The number of hydrogen-bond acceptors (Lipinski definition) is 3. The highest BCUT2D eigenvalue weighted by atomic mass is 32.1. The van der Waals surface area contributed by atoms with Gasteiger partial charge in [0.2, 0.25) is 0 Å². The summed E-state index contributed by atoms with van der Waals surface area (Å²) in [6, 6.07) is 8.49. The van der Waals surface area contributed by atoms with Crippen molar-refractivity contribution in [1.29, 1.82) is 0 Å². The Morgan fingerprint density at radius 2 is 2.11 bits per heavy atom. The van der Waals surface area contributed by atoms with Crippen LogP contribution < -0.4 is 0 Å². The first-order valence-electron chi connectivity index (χ1n) is 6.75. The van der Waals surface area contributed by atoms with Gasteiger partial charge in [0.1, 0.15) is 0 Å². The van der Waals surface area contributed by atoms with Crippen molar-refractivity contribution in [1.82, 2.24) is 0 Å². The summed E-state index contributed by atoms with van der Waals surface area (Å²) >= 11 is 1.83. The second kappa shape index (κ2) is 6.20. The number of esters is 1. The number of carbonyl (C=O) groups is 1. The van der Waals surface area contributed by atoms with Crippen LogP contribution in [0.4, 0.5) is 0 Å². The molecule has 2 nitrogen and oxygen atoms in total. The Hall–Kier alpha value is -1.35. The molecule has 0 fully saturated rings. The second-order valence-corrected chi connectivity index (χ2v) is 6.33. The van der Waals surface area contributed by atoms with Gasteiger partial charge in [0, 0.05) is 9.58 Å². The standard InChI is InChI=1S/C16H20O2S/c1-4-18-16(17)9-12-5-6-13-10-14(7-11(2)3)19-15(13)8-12/h5-6,8,10-11H,4,7,9H2,1-3H3. The van der Waals surface area contributed by atoms with E-state index >= 15 is 0 Å². The fraction of sp³-hybridized carbons (Fsp3) is 0.438. The molecule has 0 bridgehead atoms. The number of carbonyl (C=O) groups excluding carboxylic acids is 1. The van der Waals surface area contributed by atoms with Gasteiger partial charge in [-0.25, -0.2) is 0 Å². The molecular formula is C16H20O2S. The molecule has 0 amide bonds. The van der Waals surface area contributed by atoms with Gasteiger partial charge in [-0.15, -0.1) is 11.3 Å². The van der Waals surface area contributed by atoms with E-state index in [1.165, 1.54) is 15.0 Å². The predicted octanol–water partition coefficient (Wildman–Crippen LogP) is 4.21. The van der Waals surface area contributed by atoms with Crippen molar-refractivity contribution in [3.63, 3.8) is 0 Å². The van der Waals surface area contributed by atoms with Crippen molar-refractivity contribution >= 4 is 27.4 Å². The van der Waals surface area contributed by atoms with Crippen molar-refractivity contribution in [2.24, 2.45) is 5.92 Å². The van der Waals surface area contributed by atoms with E-state index in [1.54, 1.807) is 0 Å². The number of rotatable bonds is 5. The summed E-state index contributed by atoms with van der Waals surface area (Å²) in [6.07, 6.45) is 1.48. The second-order valence-electron chi connectivity index (χ2n) is 5.16. The molecule has 102 valence electrons. The van der Waals surface area contributed by atoms with Crippen molar-refractivity contribution in [3.05, 3.63) is 34.7 Å². The van der Waals surface area contributed by atoms with Gasteiger partial charge in [-0.1, -0.05) is 26.0 Å². The third-order valence-corrected chi connectivity index (χ3v) is 4.02. The molecule has 0 aliphatic carbocycles. The first-order chi connectivity index (χ1) is 9.08. The van der Waals surface area contributed by atoms with E-state index in [1.807, 2.05) is 24.3 Å². The molecule has 0 aliphatic rings. The third-order valence-electron chi connectivity index (χ3n) is 2.90. The zero-order valence-corrected chi connectivity index (χ0v) is 12.5. The topological polar surface area (TPSA) is 26.3 Å². The summed E-state index contributed by atoms with van der Waals surface area (Å²) < 4.78 is 6.24. The predicted molar refractivity (Wildman–Crippen MR) is 80.7 cm³/mol. The molecule has 0 atom stereocenters. The molecule has 0 N–H and O–H groups in total. The molecular weight excluding hydrogens is 256 g/mol. The summed E-state index contributed by atoms with van der Waals surface area (Å²) in [6.45, 7) is 6.74. The third kappa shape index (κ3) is 3.80. The summed E-state index contributed by atoms with van der Waals surface area (Å²) in [4.78, 5) is 12.9. The van der Waals surface area contributed by atoms with E-state index in [2.05, 4.69) is 32.0 Å². The average Bonchev–Trinajstić information content (AvgIpc) is 2.69. The molecule has 1 aromatic heterocycles. The van der Waals surface area contributed by atoms with Gasteiger partial charge in [0.05, 0.1) is 13.0 Å². The zero-order chi connectivity index (χ0) is 13.8. The zero-order valence-electron chi connectivity index (χ0n) is 11.7. The maximum Gasteiger partial charge on any atom is 0.310 e. The van der Waals surface area contributed by atoms with Crippen LogP contribution in [0.15, 0.2) is 24.3 Å². The largest absolute Gasteiger partial charge is 0.466 e. The van der Waals surface area contributed by atoms with Gasteiger partial charge in [-0.3, -0.25) is 4.79 Å². The number of fused-ring (bicyclic) bond motifs is 1. The van der Waals surface area contributed by atoms with E-state index in [0.29, 0.717) is 18.9 Å². The SMILES string of the molecule is CCOC(=O)Cc1ccc2cc(CC(C)C)sc2c1. The molecule has 3 heteroatoms. The van der Waals surface area contributed by atoms with Crippen LogP contribution in [0.3, 0.4) is 0 Å². The minimum atomic E-state index is -0.152. The van der Waals surface area contributed by atoms with Crippen LogP contribution in [0.25, 0.3) is 10.1 Å². The molecule has 0 radical (unpaired) electrons. The molecule has 1 heterocycles. The van der Waals surface area contributed by atoms with Crippen LogP contribution in [-0.2, 0) is 22.4 Å². The fourth-order valence-corrected chi connectivity index (χ4v) is 3.46. The van der Waals surface area contributed by atoms with Crippen LogP contribution >= 0.6 is 11.3 Å². The maximum atomic E-state index is 11.5. The molecule has 2 rings (SSSR count). The van der Waals surface area contributed by atoms with Crippen LogP contribution in [0, 0.1) is 5.92 Å².